The van der Waals surface area contributed by atoms with Gasteiger partial charge in [-0.2, -0.15) is 10.2 Å². The number of nitro groups is 2. The van der Waals surface area contributed by atoms with E-state index >= 15 is 0 Å². The molecule has 5 aromatic carbocycles. The number of nitrogens with zero attached hydrogens (tertiary/aromatic N) is 8. The summed E-state index contributed by atoms with van der Waals surface area (Å²) in [5.74, 6) is 0.153. The first-order chi connectivity index (χ1) is 33.8. The molecule has 3 aromatic heterocycles. The third kappa shape index (κ3) is 13.4. The zero-order chi connectivity index (χ0) is 51.3. The summed E-state index contributed by atoms with van der Waals surface area (Å²) in [6.07, 6.45) is 7.54. The van der Waals surface area contributed by atoms with Gasteiger partial charge in [-0.05, 0) is 76.4 Å². The number of aliphatic imine (C=N–C) groups is 1. The van der Waals surface area contributed by atoms with Crippen molar-refractivity contribution in [1.29, 1.82) is 0 Å². The number of pyridine rings is 3. The molecule has 0 amide bonds. The van der Waals surface area contributed by atoms with E-state index in [1.54, 1.807) is 24.7 Å². The number of rotatable bonds is 11. The van der Waals surface area contributed by atoms with Crippen molar-refractivity contribution in [2.24, 2.45) is 15.2 Å². The summed E-state index contributed by atoms with van der Waals surface area (Å²) in [4.78, 5) is 37.2. The number of nitrogens with one attached hydrogen (secondary N) is 2. The Kier molecular flexibility index (Phi) is 16.3. The van der Waals surface area contributed by atoms with Gasteiger partial charge in [-0.25, -0.2) is 9.97 Å². The molecule has 18 nitrogen and oxygen atoms in total. The minimum atomic E-state index is -0.724. The van der Waals surface area contributed by atoms with Crippen LogP contribution in [0.5, 0.6) is 23.0 Å². The maximum absolute atomic E-state index is 10.8. The van der Waals surface area contributed by atoms with Gasteiger partial charge in [-0.15, -0.1) is 0 Å². The highest BCUT2D eigenvalue weighted by Gasteiger charge is 2.25. The molecule has 71 heavy (non-hydrogen) atoms. The highest BCUT2D eigenvalue weighted by Crippen LogP contribution is 2.38. The van der Waals surface area contributed by atoms with Crippen LogP contribution < -0.4 is 10.9 Å². The molecule has 18 heteroatoms. The Balaban J connectivity index is 0.000000174. The molecule has 0 unspecified atom stereocenters. The topological polar surface area (TPSA) is 267 Å². The van der Waals surface area contributed by atoms with Crippen molar-refractivity contribution < 1.29 is 30.3 Å². The standard InChI is InChI=1S/C20H27N3O.C17H13N3O4.C16H12N4O3/c1-19(2,3)15-11-14(18(24)16(12-15)20(4,5)6)13-22-23-17-9-7-8-10-21-17;21-16-6-5-15(20(23)24)17(22)13(16)9-18-10-14-12-4-2-1-3-11(12)7-8-19-14;21-16-12(5-3-7-14(16)20(22)23)10-17-19-15-9-8-11-4-1-2-6-13(11)18-15/h7-13,24H,1-6H3,(H,21,23);1-9,21-22H,10H2;1-10,21H,(H,18,19)/b22-13+;;17-10+. The van der Waals surface area contributed by atoms with Gasteiger partial charge in [0.05, 0.1) is 45.6 Å². The minimum absolute atomic E-state index is 0.00922. The van der Waals surface area contributed by atoms with Gasteiger partial charge in [0.25, 0.3) is 0 Å². The molecule has 0 atom stereocenters. The lowest BCUT2D eigenvalue weighted by atomic mass is 9.79. The van der Waals surface area contributed by atoms with Crippen LogP contribution in [0.1, 0.15) is 75.1 Å². The molecule has 6 N–H and O–H groups in total. The summed E-state index contributed by atoms with van der Waals surface area (Å²) in [6.45, 7) is 13.0. The summed E-state index contributed by atoms with van der Waals surface area (Å²) >= 11 is 0. The zero-order valence-electron chi connectivity index (χ0n) is 39.7. The predicted molar refractivity (Wildman–Crippen MR) is 278 cm³/mol. The Labute approximate surface area is 408 Å². The van der Waals surface area contributed by atoms with Crippen molar-refractivity contribution >= 4 is 63.3 Å². The predicted octanol–water partition coefficient (Wildman–Crippen LogP) is 11.3. The first-order valence-corrected chi connectivity index (χ1v) is 22.0. The minimum Gasteiger partial charge on any atom is -0.507 e. The summed E-state index contributed by atoms with van der Waals surface area (Å²) in [7, 11) is 0. The van der Waals surface area contributed by atoms with Gasteiger partial charge in [-0.3, -0.25) is 41.1 Å². The van der Waals surface area contributed by atoms with Crippen molar-refractivity contribution in [3.8, 4) is 23.0 Å². The Hall–Kier alpha value is -9.32. The van der Waals surface area contributed by atoms with Crippen LogP contribution in [0.3, 0.4) is 0 Å². The number of hydrogen-bond donors (Lipinski definition) is 6. The molecule has 0 aliphatic carbocycles. The molecule has 3 heterocycles. The van der Waals surface area contributed by atoms with Crippen molar-refractivity contribution in [3.05, 3.63) is 194 Å². The first kappa shape index (κ1) is 51.1. The highest BCUT2D eigenvalue weighted by atomic mass is 16.6. The van der Waals surface area contributed by atoms with E-state index in [0.29, 0.717) is 17.2 Å². The molecule has 0 fully saturated rings. The summed E-state index contributed by atoms with van der Waals surface area (Å²) < 4.78 is 0. The zero-order valence-corrected chi connectivity index (χ0v) is 39.7. The SMILES string of the molecule is CC(C)(C)c1cc(/C=N/Nc2ccccn2)c(O)c(C(C)(C)C)c1.O=[N+]([O-])c1ccc(O)c(C=NCc2nccc3ccccc23)c1O.O=[N+]([O-])c1cccc(/C=N/Nc2ccc3ccccc3n2)c1O. The van der Waals surface area contributed by atoms with E-state index in [1.165, 1.54) is 36.2 Å². The molecule has 8 rings (SSSR count). The third-order valence-corrected chi connectivity index (χ3v) is 10.7. The second kappa shape index (κ2) is 22.7. The number of benzene rings is 5. The van der Waals surface area contributed by atoms with E-state index in [-0.39, 0.29) is 45.7 Å². The largest absolute Gasteiger partial charge is 0.507 e. The Morgan fingerprint density at radius 1 is 0.592 bits per heavy atom. The van der Waals surface area contributed by atoms with E-state index < -0.39 is 27.0 Å². The average molecular weight is 957 g/mol. The van der Waals surface area contributed by atoms with Crippen LogP contribution in [-0.4, -0.2) is 63.9 Å². The quantitative estimate of drug-likeness (QED) is 0.0400. The lowest BCUT2D eigenvalue weighted by Gasteiger charge is -2.26. The van der Waals surface area contributed by atoms with E-state index in [9.17, 15) is 40.7 Å². The molecule has 0 radical (unpaired) electrons. The first-order valence-electron chi connectivity index (χ1n) is 22.0. The Bertz CT molecular complexity index is 3270. The van der Waals surface area contributed by atoms with Crippen LogP contribution in [0.15, 0.2) is 155 Å². The lowest BCUT2D eigenvalue weighted by molar-refractivity contribution is -0.386. The number of para-hydroxylation sites is 2. The fourth-order valence-electron chi connectivity index (χ4n) is 6.85. The number of aromatic nitrogens is 3. The number of hydrazone groups is 2. The van der Waals surface area contributed by atoms with Crippen molar-refractivity contribution in [1.82, 2.24) is 15.0 Å². The Morgan fingerprint density at radius 2 is 1.25 bits per heavy atom. The van der Waals surface area contributed by atoms with E-state index in [2.05, 4.69) is 88.6 Å². The molecular weight excluding hydrogens is 905 g/mol. The fourth-order valence-corrected chi connectivity index (χ4v) is 6.85. The monoisotopic (exact) mass is 956 g/mol. The summed E-state index contributed by atoms with van der Waals surface area (Å²) in [5, 5.41) is 73.0. The van der Waals surface area contributed by atoms with Gasteiger partial charge in [0, 0.05) is 58.2 Å². The molecule has 0 aliphatic rings. The van der Waals surface area contributed by atoms with Gasteiger partial charge in [0.1, 0.15) is 23.1 Å². The van der Waals surface area contributed by atoms with Gasteiger partial charge >= 0.3 is 11.4 Å². The molecule has 0 spiro atoms. The second-order valence-corrected chi connectivity index (χ2v) is 17.8. The van der Waals surface area contributed by atoms with E-state index in [4.69, 9.17) is 0 Å². The van der Waals surface area contributed by atoms with Gasteiger partial charge < -0.3 is 20.4 Å². The van der Waals surface area contributed by atoms with Crippen LogP contribution in [0.4, 0.5) is 23.0 Å². The van der Waals surface area contributed by atoms with Crippen molar-refractivity contribution in [2.45, 2.75) is 58.9 Å². The van der Waals surface area contributed by atoms with E-state index in [0.717, 1.165) is 45.1 Å². The number of anilines is 2. The third-order valence-electron chi connectivity index (χ3n) is 10.7. The number of hydrogen-bond acceptors (Lipinski definition) is 16. The number of fused-ring (bicyclic) bond motifs is 2. The van der Waals surface area contributed by atoms with Gasteiger partial charge in [-0.1, -0.05) is 102 Å². The lowest BCUT2D eigenvalue weighted by Crippen LogP contribution is -2.17. The molecule has 0 saturated carbocycles. The number of aromatic hydroxyl groups is 4. The van der Waals surface area contributed by atoms with Gasteiger partial charge in [0.15, 0.2) is 0 Å². The molecule has 362 valence electrons. The smallest absolute Gasteiger partial charge is 0.311 e. The number of phenolic OH excluding ortho intramolecular Hbond substituents is 4. The van der Waals surface area contributed by atoms with Crippen LogP contribution in [-0.2, 0) is 17.4 Å². The van der Waals surface area contributed by atoms with Gasteiger partial charge in [0.2, 0.25) is 11.5 Å². The van der Waals surface area contributed by atoms with Crippen molar-refractivity contribution in [2.75, 3.05) is 10.9 Å². The highest BCUT2D eigenvalue weighted by molar-refractivity contribution is 5.90. The van der Waals surface area contributed by atoms with Crippen LogP contribution >= 0.6 is 0 Å². The van der Waals surface area contributed by atoms with E-state index in [1.807, 2.05) is 84.9 Å². The molecule has 0 saturated heterocycles. The molecular formula is C53H52N10O8. The summed E-state index contributed by atoms with van der Waals surface area (Å²) in [6, 6.07) is 37.0. The molecule has 0 aliphatic heterocycles. The normalized spacial score (nSPS) is 11.6. The number of phenols is 4. The van der Waals surface area contributed by atoms with Crippen LogP contribution in [0.25, 0.3) is 21.7 Å². The van der Waals surface area contributed by atoms with Crippen LogP contribution in [0, 0.1) is 20.2 Å². The average Bonchev–Trinajstić information content (AvgIpc) is 3.33. The second-order valence-electron chi connectivity index (χ2n) is 17.8. The number of nitro benzene ring substituents is 2. The van der Waals surface area contributed by atoms with Crippen LogP contribution in [0.2, 0.25) is 0 Å². The maximum Gasteiger partial charge on any atom is 0.311 e. The molecule has 0 bridgehead atoms. The van der Waals surface area contributed by atoms with Crippen molar-refractivity contribution in [3.63, 3.8) is 0 Å². The Morgan fingerprint density at radius 3 is 1.94 bits per heavy atom. The fraction of sp³-hybridized carbons (Fsp3) is 0.170. The molecule has 8 aromatic rings. The maximum atomic E-state index is 10.8. The summed E-state index contributed by atoms with van der Waals surface area (Å²) in [5.41, 5.74) is 9.12.